The van der Waals surface area contributed by atoms with Crippen molar-refractivity contribution < 1.29 is 4.48 Å². The topological polar surface area (TPSA) is 23.8 Å². The summed E-state index contributed by atoms with van der Waals surface area (Å²) in [5.74, 6) is 1.65. The number of nitriles is 1. The largest absolute Gasteiger partial charge is 0.320 e. The summed E-state index contributed by atoms with van der Waals surface area (Å²) in [7, 11) is 2.57. The van der Waals surface area contributed by atoms with Crippen LogP contribution in [0.4, 0.5) is 0 Å². The lowest BCUT2D eigenvalue weighted by Gasteiger charge is -2.72. The fourth-order valence-corrected chi connectivity index (χ4v) is 8.15. The van der Waals surface area contributed by atoms with Crippen molar-refractivity contribution in [1.29, 1.82) is 5.26 Å². The van der Waals surface area contributed by atoms with Gasteiger partial charge in [-0.05, 0) is 49.1 Å². The summed E-state index contributed by atoms with van der Waals surface area (Å²) in [6.45, 7) is 1.42. The zero-order valence-electron chi connectivity index (χ0n) is 18.1. The van der Waals surface area contributed by atoms with Gasteiger partial charge < -0.3 is 4.48 Å². The quantitative estimate of drug-likeness (QED) is 0.575. The molecular formula is C28H33N2+. The van der Waals surface area contributed by atoms with E-state index in [2.05, 4.69) is 73.8 Å². The first-order valence-electron chi connectivity index (χ1n) is 12.0. The molecule has 1 saturated heterocycles. The van der Waals surface area contributed by atoms with Crippen LogP contribution in [0.25, 0.3) is 0 Å². The zero-order valence-corrected chi connectivity index (χ0v) is 18.1. The first-order chi connectivity index (χ1) is 14.6. The van der Waals surface area contributed by atoms with Crippen molar-refractivity contribution >= 4 is 0 Å². The summed E-state index contributed by atoms with van der Waals surface area (Å²) in [6, 6.07) is 25.7. The predicted octanol–water partition coefficient (Wildman–Crippen LogP) is 5.68. The summed E-state index contributed by atoms with van der Waals surface area (Å²) in [5, 5.41) is 10.6. The Bertz CT molecular complexity index is 933. The highest BCUT2D eigenvalue weighted by Gasteiger charge is 2.78. The van der Waals surface area contributed by atoms with E-state index in [1.54, 1.807) is 0 Å². The van der Waals surface area contributed by atoms with E-state index in [0.29, 0.717) is 11.3 Å². The van der Waals surface area contributed by atoms with Crippen molar-refractivity contribution in [3.8, 4) is 6.07 Å². The SMILES string of the molecule is C[N+]1(CC2CC2)[C@H]2CCC23C[C@@H](CC(C#N)(c2ccccc2)c2ccccc2)C[C@@H]31. The molecular weight excluding hydrogens is 364 g/mol. The highest BCUT2D eigenvalue weighted by atomic mass is 15.5. The Kier molecular flexibility index (Phi) is 4.00. The maximum Gasteiger partial charge on any atom is 0.107 e. The van der Waals surface area contributed by atoms with Gasteiger partial charge in [-0.1, -0.05) is 60.7 Å². The summed E-state index contributed by atoms with van der Waals surface area (Å²) in [4.78, 5) is 0. The molecule has 2 aromatic carbocycles. The van der Waals surface area contributed by atoms with E-state index < -0.39 is 5.41 Å². The fourth-order valence-electron chi connectivity index (χ4n) is 8.15. The molecule has 2 heteroatoms. The van der Waals surface area contributed by atoms with Crippen molar-refractivity contribution in [3.05, 3.63) is 71.8 Å². The van der Waals surface area contributed by atoms with E-state index in [4.69, 9.17) is 0 Å². The molecule has 0 bridgehead atoms. The number of piperidine rings is 1. The van der Waals surface area contributed by atoms with E-state index >= 15 is 0 Å². The maximum absolute atomic E-state index is 10.6. The van der Waals surface area contributed by atoms with Crippen LogP contribution in [0, 0.1) is 28.6 Å². The molecule has 0 amide bonds. The van der Waals surface area contributed by atoms with Gasteiger partial charge in [0.25, 0.3) is 0 Å². The number of likely N-dealkylation sites (tertiary alicyclic amines) is 1. The van der Waals surface area contributed by atoms with Crippen LogP contribution in [0.15, 0.2) is 60.7 Å². The van der Waals surface area contributed by atoms with Gasteiger partial charge in [0.05, 0.1) is 25.1 Å². The predicted molar refractivity (Wildman–Crippen MR) is 120 cm³/mol. The van der Waals surface area contributed by atoms with E-state index in [9.17, 15) is 5.26 Å². The molecule has 3 saturated carbocycles. The second-order valence-corrected chi connectivity index (χ2v) is 11.0. The van der Waals surface area contributed by atoms with Crippen molar-refractivity contribution in [2.75, 3.05) is 13.6 Å². The lowest BCUT2D eigenvalue weighted by molar-refractivity contribution is -1.03. The molecule has 1 aliphatic heterocycles. The first-order valence-corrected chi connectivity index (χ1v) is 12.0. The smallest absolute Gasteiger partial charge is 0.107 e. The second-order valence-electron chi connectivity index (χ2n) is 11.0. The van der Waals surface area contributed by atoms with Gasteiger partial charge >= 0.3 is 0 Å². The number of hydrogen-bond acceptors (Lipinski definition) is 1. The average Bonchev–Trinajstić information content (AvgIpc) is 3.49. The summed E-state index contributed by atoms with van der Waals surface area (Å²) in [5.41, 5.74) is 2.40. The molecule has 0 N–H and O–H groups in total. The van der Waals surface area contributed by atoms with Gasteiger partial charge in [-0.25, -0.2) is 0 Å². The normalized spacial score (nSPS) is 36.7. The van der Waals surface area contributed by atoms with Gasteiger partial charge in [-0.15, -0.1) is 0 Å². The monoisotopic (exact) mass is 397 g/mol. The molecule has 2 aromatic rings. The molecule has 2 unspecified atom stereocenters. The third-order valence-electron chi connectivity index (χ3n) is 9.53. The molecule has 4 aliphatic rings. The molecule has 0 aromatic heterocycles. The van der Waals surface area contributed by atoms with Crippen LogP contribution in [-0.4, -0.2) is 30.2 Å². The van der Waals surface area contributed by atoms with E-state index in [-0.39, 0.29) is 0 Å². The van der Waals surface area contributed by atoms with Crippen LogP contribution in [-0.2, 0) is 5.41 Å². The van der Waals surface area contributed by atoms with Gasteiger partial charge in [0, 0.05) is 18.8 Å². The highest BCUT2D eigenvalue weighted by Crippen LogP contribution is 2.71. The molecule has 154 valence electrons. The molecule has 2 nitrogen and oxygen atoms in total. The first kappa shape index (κ1) is 18.6. The Morgan fingerprint density at radius 2 is 1.57 bits per heavy atom. The third-order valence-corrected chi connectivity index (χ3v) is 9.53. The summed E-state index contributed by atoms with van der Waals surface area (Å²) < 4.78 is 1.36. The van der Waals surface area contributed by atoms with Crippen molar-refractivity contribution in [3.63, 3.8) is 0 Å². The van der Waals surface area contributed by atoms with Gasteiger partial charge in [-0.2, -0.15) is 5.26 Å². The molecule has 3 aliphatic carbocycles. The average molecular weight is 398 g/mol. The standard InChI is InChI=1S/C28H33N2/c1-30(19-21-12-13-21)25-14-15-27(25)17-22(16-26(27)30)18-28(20-29,23-8-4-2-5-9-23)24-10-6-3-7-11-24/h2-11,21-22,25-26H,12-19H2,1H3/q+1/t22-,25-,26-,27?,30?/m0/s1. The van der Waals surface area contributed by atoms with Crippen LogP contribution >= 0.6 is 0 Å². The zero-order chi connectivity index (χ0) is 20.4. The highest BCUT2D eigenvalue weighted by molar-refractivity contribution is 5.46. The molecule has 30 heavy (non-hydrogen) atoms. The van der Waals surface area contributed by atoms with Crippen LogP contribution in [0.3, 0.4) is 0 Å². The minimum atomic E-state index is -0.535. The van der Waals surface area contributed by atoms with Crippen LogP contribution < -0.4 is 0 Å². The lowest BCUT2D eigenvalue weighted by Crippen LogP contribution is -2.83. The van der Waals surface area contributed by atoms with E-state index in [1.807, 2.05) is 0 Å². The minimum absolute atomic E-state index is 0.535. The molecule has 6 rings (SSSR count). The molecule has 1 heterocycles. The Balaban J connectivity index is 1.32. The lowest BCUT2D eigenvalue weighted by atomic mass is 9.51. The minimum Gasteiger partial charge on any atom is -0.320 e. The number of rotatable bonds is 6. The van der Waals surface area contributed by atoms with E-state index in [1.165, 1.54) is 49.6 Å². The van der Waals surface area contributed by atoms with Crippen molar-refractivity contribution in [2.24, 2.45) is 17.3 Å². The van der Waals surface area contributed by atoms with Gasteiger partial charge in [0.15, 0.2) is 0 Å². The number of hydrogen-bond donors (Lipinski definition) is 0. The van der Waals surface area contributed by atoms with E-state index in [0.717, 1.165) is 35.5 Å². The van der Waals surface area contributed by atoms with Crippen LogP contribution in [0.1, 0.15) is 56.1 Å². The van der Waals surface area contributed by atoms with Crippen molar-refractivity contribution in [1.82, 2.24) is 0 Å². The number of nitrogens with zero attached hydrogens (tertiary/aromatic N) is 2. The Morgan fingerprint density at radius 3 is 2.07 bits per heavy atom. The Hall–Kier alpha value is -2.11. The summed E-state index contributed by atoms with van der Waals surface area (Å²) in [6.07, 6.45) is 9.44. The molecule has 1 spiro atoms. The Labute approximate surface area is 181 Å². The van der Waals surface area contributed by atoms with Gasteiger partial charge in [-0.3, -0.25) is 0 Å². The van der Waals surface area contributed by atoms with Crippen LogP contribution in [0.5, 0.6) is 0 Å². The van der Waals surface area contributed by atoms with Gasteiger partial charge in [0.1, 0.15) is 17.5 Å². The molecule has 4 fully saturated rings. The third kappa shape index (κ3) is 2.45. The Morgan fingerprint density at radius 1 is 0.933 bits per heavy atom. The number of quaternary nitrogens is 1. The second kappa shape index (κ2) is 6.44. The van der Waals surface area contributed by atoms with Crippen molar-refractivity contribution in [2.45, 2.75) is 62.4 Å². The van der Waals surface area contributed by atoms with Crippen LogP contribution in [0.2, 0.25) is 0 Å². The van der Waals surface area contributed by atoms with Gasteiger partial charge in [0.2, 0.25) is 0 Å². The molecule has 5 atom stereocenters. The number of benzene rings is 2. The molecule has 0 radical (unpaired) electrons. The maximum atomic E-state index is 10.6. The fraction of sp³-hybridized carbons (Fsp3) is 0.536. The summed E-state index contributed by atoms with van der Waals surface area (Å²) >= 11 is 0.